The van der Waals surface area contributed by atoms with Crippen LogP contribution in [0, 0.1) is 0 Å². The van der Waals surface area contributed by atoms with Crippen molar-refractivity contribution in [1.82, 2.24) is 0 Å². The van der Waals surface area contributed by atoms with Crippen molar-refractivity contribution in [1.29, 1.82) is 0 Å². The Morgan fingerprint density at radius 3 is 2.00 bits per heavy atom. The summed E-state index contributed by atoms with van der Waals surface area (Å²) in [5.74, 6) is 0.787. The Kier molecular flexibility index (Phi) is 6.52. The Morgan fingerprint density at radius 1 is 0.700 bits per heavy atom. The van der Waals surface area contributed by atoms with E-state index in [1.807, 2.05) is 30.3 Å². The van der Waals surface area contributed by atoms with Gasteiger partial charge < -0.3 is 0 Å². The summed E-state index contributed by atoms with van der Waals surface area (Å²) in [4.78, 5) is 0.955. The monoisotopic (exact) mass is 286 g/mol. The minimum absolute atomic E-state index is 0.787. The van der Waals surface area contributed by atoms with Crippen molar-refractivity contribution in [2.45, 2.75) is 37.0 Å². The summed E-state index contributed by atoms with van der Waals surface area (Å²) in [5, 5.41) is 0. The van der Waals surface area contributed by atoms with Crippen LogP contribution in [-0.4, -0.2) is 9.96 Å². The molecule has 2 aromatic carbocycles. The Bertz CT molecular complexity index is 507. The second kappa shape index (κ2) is 8.70. The number of hydrogen-bond acceptors (Lipinski definition) is 1. The van der Waals surface area contributed by atoms with Crippen molar-refractivity contribution in [3.05, 3.63) is 66.2 Å². The zero-order valence-electron chi connectivity index (χ0n) is 11.8. The van der Waals surface area contributed by atoms with Gasteiger partial charge in [0.25, 0.3) is 0 Å². The standard InChI is InChI=1S/C18H22OS/c19-20(18-14-8-4-9-15-18)16-10-2-1-5-11-17-12-6-3-7-13-17/h3-4,6-9,12-15H,1-2,5,10-11,16H2. The predicted octanol–water partition coefficient (Wildman–Crippen LogP) is 4.60. The van der Waals surface area contributed by atoms with Gasteiger partial charge in [-0.2, -0.15) is 0 Å². The Morgan fingerprint density at radius 2 is 1.30 bits per heavy atom. The molecule has 20 heavy (non-hydrogen) atoms. The van der Waals surface area contributed by atoms with Crippen LogP contribution in [-0.2, 0) is 17.2 Å². The third kappa shape index (κ3) is 5.30. The topological polar surface area (TPSA) is 17.1 Å². The van der Waals surface area contributed by atoms with Crippen LogP contribution in [0.3, 0.4) is 0 Å². The molecule has 1 unspecified atom stereocenters. The van der Waals surface area contributed by atoms with Crippen molar-refractivity contribution in [3.63, 3.8) is 0 Å². The van der Waals surface area contributed by atoms with Gasteiger partial charge in [0.05, 0.1) is 10.8 Å². The van der Waals surface area contributed by atoms with Gasteiger partial charge in [-0.05, 0) is 37.0 Å². The molecular formula is C18H22OS. The highest BCUT2D eigenvalue weighted by Gasteiger charge is 2.02. The zero-order valence-corrected chi connectivity index (χ0v) is 12.6. The van der Waals surface area contributed by atoms with Crippen LogP contribution in [0.1, 0.15) is 31.2 Å². The molecule has 0 saturated carbocycles. The molecule has 0 fully saturated rings. The summed E-state index contributed by atoms with van der Waals surface area (Å²) in [6.07, 6.45) is 5.83. The molecule has 2 rings (SSSR count). The van der Waals surface area contributed by atoms with Crippen molar-refractivity contribution >= 4 is 10.8 Å². The SMILES string of the molecule is O=S(CCCCCCc1ccccc1)c1ccccc1. The molecule has 0 saturated heterocycles. The van der Waals surface area contributed by atoms with Crippen LogP contribution in [0.5, 0.6) is 0 Å². The smallest absolute Gasteiger partial charge is 0.0529 e. The maximum Gasteiger partial charge on any atom is 0.0529 e. The summed E-state index contributed by atoms with van der Waals surface area (Å²) in [6.45, 7) is 0. The van der Waals surface area contributed by atoms with E-state index < -0.39 is 10.8 Å². The third-order valence-electron chi connectivity index (χ3n) is 3.39. The number of unbranched alkanes of at least 4 members (excludes halogenated alkanes) is 3. The lowest BCUT2D eigenvalue weighted by atomic mass is 10.1. The van der Waals surface area contributed by atoms with Crippen LogP contribution in [0.15, 0.2) is 65.6 Å². The zero-order chi connectivity index (χ0) is 14.0. The van der Waals surface area contributed by atoms with E-state index in [-0.39, 0.29) is 0 Å². The number of rotatable bonds is 8. The van der Waals surface area contributed by atoms with Gasteiger partial charge >= 0.3 is 0 Å². The largest absolute Gasteiger partial charge is 0.254 e. The molecule has 0 aliphatic heterocycles. The lowest BCUT2D eigenvalue weighted by Gasteiger charge is -2.03. The molecule has 0 heterocycles. The van der Waals surface area contributed by atoms with Gasteiger partial charge in [-0.25, -0.2) is 0 Å². The molecule has 0 N–H and O–H groups in total. The molecule has 0 bridgehead atoms. The van der Waals surface area contributed by atoms with Crippen molar-refractivity contribution in [2.24, 2.45) is 0 Å². The molecule has 0 aliphatic rings. The van der Waals surface area contributed by atoms with Gasteiger partial charge in [0, 0.05) is 10.6 Å². The predicted molar refractivity (Wildman–Crippen MR) is 86.3 cm³/mol. The molecule has 1 atom stereocenters. The maximum absolute atomic E-state index is 12.0. The van der Waals surface area contributed by atoms with Crippen molar-refractivity contribution in [3.8, 4) is 0 Å². The highest BCUT2D eigenvalue weighted by molar-refractivity contribution is 7.85. The second-order valence-corrected chi connectivity index (χ2v) is 6.58. The Hall–Kier alpha value is -1.41. The van der Waals surface area contributed by atoms with E-state index in [2.05, 4.69) is 30.3 Å². The fraction of sp³-hybridized carbons (Fsp3) is 0.333. The van der Waals surface area contributed by atoms with Crippen LogP contribution in [0.2, 0.25) is 0 Å². The van der Waals surface area contributed by atoms with E-state index in [4.69, 9.17) is 0 Å². The van der Waals surface area contributed by atoms with E-state index in [0.717, 1.165) is 23.5 Å². The van der Waals surface area contributed by atoms with E-state index in [1.54, 1.807) is 0 Å². The minimum atomic E-state index is -0.825. The number of aryl methyl sites for hydroxylation is 1. The molecular weight excluding hydrogens is 264 g/mol. The summed E-state index contributed by atoms with van der Waals surface area (Å²) >= 11 is 0. The fourth-order valence-corrected chi connectivity index (χ4v) is 3.41. The van der Waals surface area contributed by atoms with Crippen LogP contribution in [0.25, 0.3) is 0 Å². The van der Waals surface area contributed by atoms with E-state index >= 15 is 0 Å². The molecule has 0 amide bonds. The molecule has 0 spiro atoms. The van der Waals surface area contributed by atoms with Crippen molar-refractivity contribution < 1.29 is 4.21 Å². The third-order valence-corrected chi connectivity index (χ3v) is 4.85. The van der Waals surface area contributed by atoms with E-state index in [9.17, 15) is 4.21 Å². The van der Waals surface area contributed by atoms with Crippen LogP contribution in [0.4, 0.5) is 0 Å². The van der Waals surface area contributed by atoms with Gasteiger partial charge in [-0.15, -0.1) is 0 Å². The average Bonchev–Trinajstić information content (AvgIpc) is 2.52. The van der Waals surface area contributed by atoms with E-state index in [0.29, 0.717) is 0 Å². The molecule has 2 aromatic rings. The minimum Gasteiger partial charge on any atom is -0.254 e. The van der Waals surface area contributed by atoms with Crippen LogP contribution < -0.4 is 0 Å². The first kappa shape index (κ1) is 15.0. The summed E-state index contributed by atoms with van der Waals surface area (Å²) < 4.78 is 12.0. The second-order valence-electron chi connectivity index (χ2n) is 5.01. The molecule has 2 heteroatoms. The molecule has 1 nitrogen and oxygen atoms in total. The first-order valence-corrected chi connectivity index (χ1v) is 8.65. The van der Waals surface area contributed by atoms with Crippen LogP contribution >= 0.6 is 0 Å². The summed E-state index contributed by atoms with van der Waals surface area (Å²) in [7, 11) is -0.825. The lowest BCUT2D eigenvalue weighted by Crippen LogP contribution is -1.98. The molecule has 0 aliphatic carbocycles. The van der Waals surface area contributed by atoms with Crippen molar-refractivity contribution in [2.75, 3.05) is 5.75 Å². The molecule has 0 aromatic heterocycles. The van der Waals surface area contributed by atoms with Gasteiger partial charge in [0.15, 0.2) is 0 Å². The van der Waals surface area contributed by atoms with Gasteiger partial charge in [0.1, 0.15) is 0 Å². The maximum atomic E-state index is 12.0. The summed E-state index contributed by atoms with van der Waals surface area (Å²) in [5.41, 5.74) is 1.42. The fourth-order valence-electron chi connectivity index (χ4n) is 2.25. The average molecular weight is 286 g/mol. The highest BCUT2D eigenvalue weighted by Crippen LogP contribution is 2.11. The Labute approximate surface area is 124 Å². The first-order chi connectivity index (χ1) is 9.86. The molecule has 106 valence electrons. The van der Waals surface area contributed by atoms with Gasteiger partial charge in [0.2, 0.25) is 0 Å². The summed E-state index contributed by atoms with van der Waals surface area (Å²) in [6, 6.07) is 20.4. The van der Waals surface area contributed by atoms with E-state index in [1.165, 1.54) is 24.8 Å². The number of hydrogen-bond donors (Lipinski definition) is 0. The quantitative estimate of drug-likeness (QED) is 0.648. The first-order valence-electron chi connectivity index (χ1n) is 7.33. The van der Waals surface area contributed by atoms with Gasteiger partial charge in [-0.1, -0.05) is 61.4 Å². The number of benzene rings is 2. The van der Waals surface area contributed by atoms with Gasteiger partial charge in [-0.3, -0.25) is 4.21 Å². The normalized spacial score (nSPS) is 12.2. The molecule has 0 radical (unpaired) electrons. The lowest BCUT2D eigenvalue weighted by molar-refractivity contribution is 0.654. The highest BCUT2D eigenvalue weighted by atomic mass is 32.2. The Balaban J connectivity index is 1.57.